The Morgan fingerprint density at radius 2 is 1.95 bits per heavy atom. The second-order valence-corrected chi connectivity index (χ2v) is 6.90. The lowest BCUT2D eigenvalue weighted by Crippen LogP contribution is -2.49. The molecule has 1 aliphatic heterocycles. The summed E-state index contributed by atoms with van der Waals surface area (Å²) in [6.45, 7) is 8.43. The van der Waals surface area contributed by atoms with E-state index in [9.17, 15) is 0 Å². The van der Waals surface area contributed by atoms with E-state index in [2.05, 4.69) is 39.1 Å². The van der Waals surface area contributed by atoms with Crippen LogP contribution in [0.1, 0.15) is 39.0 Å². The molecule has 0 bridgehead atoms. The molecule has 0 aromatic carbocycles. The summed E-state index contributed by atoms with van der Waals surface area (Å²) in [5.74, 6) is 1.11. The normalized spacial score (nSPS) is 36.6. The van der Waals surface area contributed by atoms with Gasteiger partial charge in [-0.2, -0.15) is 0 Å². The van der Waals surface area contributed by atoms with Gasteiger partial charge in [0.1, 0.15) is 7.05 Å². The number of rotatable bonds is 1. The largest absolute Gasteiger partial charge is 0.347 e. The van der Waals surface area contributed by atoms with Gasteiger partial charge in [0.2, 0.25) is 0 Å². The Morgan fingerprint density at radius 1 is 1.24 bits per heavy atom. The monoisotopic (exact) mass is 288 g/mol. The first-order valence-corrected chi connectivity index (χ1v) is 7.87. The minimum atomic E-state index is -0.227. The molecule has 0 amide bonds. The van der Waals surface area contributed by atoms with Crippen LogP contribution in [0.25, 0.3) is 0 Å². The maximum absolute atomic E-state index is 6.12. The molecule has 2 atom stereocenters. The van der Waals surface area contributed by atoms with Crippen LogP contribution in [0.4, 0.5) is 0 Å². The van der Waals surface area contributed by atoms with Crippen LogP contribution < -0.4 is 4.57 Å². The molecule has 0 unspecified atom stereocenters. The summed E-state index contributed by atoms with van der Waals surface area (Å²) in [5.41, 5.74) is 2.72. The molecule has 0 radical (unpaired) electrons. The van der Waals surface area contributed by atoms with Gasteiger partial charge in [-0.1, -0.05) is 25.5 Å². The van der Waals surface area contributed by atoms with Crippen molar-refractivity contribution in [2.24, 2.45) is 24.3 Å². The molecule has 2 aliphatic rings. The Labute approximate surface area is 127 Å². The zero-order valence-electron chi connectivity index (χ0n) is 13.5. The standard InChI is InChI=1S/C18H26NO2/c1-13-8-14(2)18(15(3)9-13)11-20-17(21-12-18)16-6-5-7-19(4)10-16/h5-8,10,14-15,17H,9,11-12H2,1-4H3/q+1/t14-,15+,17?,18?/m0/s1. The summed E-state index contributed by atoms with van der Waals surface area (Å²) >= 11 is 0. The minimum Gasteiger partial charge on any atom is -0.347 e. The zero-order valence-corrected chi connectivity index (χ0v) is 13.5. The Hall–Kier alpha value is -1.19. The van der Waals surface area contributed by atoms with Gasteiger partial charge >= 0.3 is 0 Å². The second kappa shape index (κ2) is 5.54. The molecule has 1 saturated heterocycles. The molecular weight excluding hydrogens is 262 g/mol. The van der Waals surface area contributed by atoms with Crippen LogP contribution in [-0.4, -0.2) is 13.2 Å². The van der Waals surface area contributed by atoms with Crippen molar-refractivity contribution < 1.29 is 14.0 Å². The molecule has 1 aliphatic carbocycles. The van der Waals surface area contributed by atoms with E-state index in [1.165, 1.54) is 5.57 Å². The predicted molar refractivity (Wildman–Crippen MR) is 81.4 cm³/mol. The van der Waals surface area contributed by atoms with E-state index in [-0.39, 0.29) is 11.7 Å². The third-order valence-corrected chi connectivity index (χ3v) is 5.29. The van der Waals surface area contributed by atoms with Gasteiger partial charge in [0.15, 0.2) is 18.7 Å². The Balaban J connectivity index is 1.75. The van der Waals surface area contributed by atoms with E-state index in [0.29, 0.717) is 11.8 Å². The summed E-state index contributed by atoms with van der Waals surface area (Å²) in [6, 6.07) is 4.10. The molecule has 21 heavy (non-hydrogen) atoms. The first-order chi connectivity index (χ1) is 10.0. The zero-order chi connectivity index (χ0) is 15.0. The second-order valence-electron chi connectivity index (χ2n) is 6.90. The number of aromatic nitrogens is 1. The minimum absolute atomic E-state index is 0.132. The molecule has 114 valence electrons. The number of nitrogens with zero attached hydrogens (tertiary/aromatic N) is 1. The summed E-state index contributed by atoms with van der Waals surface area (Å²) in [6.07, 6.45) is 7.42. The maximum atomic E-state index is 6.12. The van der Waals surface area contributed by atoms with Crippen LogP contribution in [0.2, 0.25) is 0 Å². The van der Waals surface area contributed by atoms with E-state index in [1.807, 2.05) is 23.9 Å². The van der Waals surface area contributed by atoms with Crippen LogP contribution in [-0.2, 0) is 16.5 Å². The molecule has 1 aromatic heterocycles. The average Bonchev–Trinajstić information content (AvgIpc) is 2.45. The van der Waals surface area contributed by atoms with Gasteiger partial charge in [0.25, 0.3) is 0 Å². The van der Waals surface area contributed by atoms with Crippen molar-refractivity contribution in [1.82, 2.24) is 0 Å². The number of aryl methyl sites for hydroxylation is 1. The highest BCUT2D eigenvalue weighted by Crippen LogP contribution is 2.48. The van der Waals surface area contributed by atoms with Crippen molar-refractivity contribution in [3.63, 3.8) is 0 Å². The highest BCUT2D eigenvalue weighted by Gasteiger charge is 2.47. The molecule has 0 saturated carbocycles. The van der Waals surface area contributed by atoms with Crippen molar-refractivity contribution in [3.8, 4) is 0 Å². The van der Waals surface area contributed by atoms with Gasteiger partial charge < -0.3 is 9.47 Å². The average molecular weight is 288 g/mol. The van der Waals surface area contributed by atoms with E-state index >= 15 is 0 Å². The lowest BCUT2D eigenvalue weighted by atomic mass is 9.63. The molecule has 1 aromatic rings. The quantitative estimate of drug-likeness (QED) is 0.585. The van der Waals surface area contributed by atoms with Crippen molar-refractivity contribution in [2.75, 3.05) is 13.2 Å². The Kier molecular flexibility index (Phi) is 3.89. The third-order valence-electron chi connectivity index (χ3n) is 5.29. The third kappa shape index (κ3) is 2.65. The fourth-order valence-electron chi connectivity index (χ4n) is 3.84. The summed E-state index contributed by atoms with van der Waals surface area (Å²) in [5, 5.41) is 0. The highest BCUT2D eigenvalue weighted by atomic mass is 16.7. The molecule has 3 rings (SSSR count). The molecule has 1 spiro atoms. The SMILES string of the molecule is CC1=C[C@H](C)C2(COC(c3ccc[n+](C)c3)OC2)[C@H](C)C1. The maximum Gasteiger partial charge on any atom is 0.189 e. The fraction of sp³-hybridized carbons (Fsp3) is 0.611. The number of allylic oxidation sites excluding steroid dienone is 2. The molecule has 3 nitrogen and oxygen atoms in total. The molecule has 3 heteroatoms. The van der Waals surface area contributed by atoms with E-state index in [0.717, 1.165) is 25.2 Å². The van der Waals surface area contributed by atoms with Gasteiger partial charge in [-0.25, -0.2) is 4.57 Å². The van der Waals surface area contributed by atoms with Crippen molar-refractivity contribution in [1.29, 1.82) is 0 Å². The number of hydrogen-bond donors (Lipinski definition) is 0. The van der Waals surface area contributed by atoms with Crippen LogP contribution in [0.5, 0.6) is 0 Å². The van der Waals surface area contributed by atoms with Gasteiger partial charge in [0, 0.05) is 11.5 Å². The van der Waals surface area contributed by atoms with E-state index < -0.39 is 0 Å². The Bertz CT molecular complexity index is 544. The van der Waals surface area contributed by atoms with Gasteiger partial charge in [-0.05, 0) is 31.2 Å². The van der Waals surface area contributed by atoms with Crippen LogP contribution in [0, 0.1) is 17.3 Å². The van der Waals surface area contributed by atoms with Crippen molar-refractivity contribution in [3.05, 3.63) is 41.7 Å². The topological polar surface area (TPSA) is 22.3 Å². The van der Waals surface area contributed by atoms with Gasteiger partial charge in [-0.15, -0.1) is 0 Å². The number of pyridine rings is 1. The molecular formula is C18H26NO2+. The van der Waals surface area contributed by atoms with E-state index in [1.54, 1.807) is 0 Å². The summed E-state index contributed by atoms with van der Waals surface area (Å²) in [7, 11) is 2.02. The van der Waals surface area contributed by atoms with Crippen molar-refractivity contribution >= 4 is 0 Å². The van der Waals surface area contributed by atoms with Gasteiger partial charge in [0.05, 0.1) is 18.8 Å². The molecule has 2 heterocycles. The van der Waals surface area contributed by atoms with Crippen LogP contribution in [0.3, 0.4) is 0 Å². The molecule has 1 fully saturated rings. The lowest BCUT2D eigenvalue weighted by molar-refractivity contribution is -0.672. The first-order valence-electron chi connectivity index (χ1n) is 7.87. The number of ether oxygens (including phenoxy) is 2. The number of hydrogen-bond acceptors (Lipinski definition) is 2. The van der Waals surface area contributed by atoms with Crippen LogP contribution in [0.15, 0.2) is 36.2 Å². The smallest absolute Gasteiger partial charge is 0.189 e. The lowest BCUT2D eigenvalue weighted by Gasteiger charge is -2.49. The molecule has 0 N–H and O–H groups in total. The summed E-state index contributed by atoms with van der Waals surface area (Å²) in [4.78, 5) is 0. The fourth-order valence-corrected chi connectivity index (χ4v) is 3.84. The predicted octanol–water partition coefficient (Wildman–Crippen LogP) is 3.17. The van der Waals surface area contributed by atoms with Crippen LogP contribution >= 0.6 is 0 Å². The summed E-state index contributed by atoms with van der Waals surface area (Å²) < 4.78 is 14.3. The highest BCUT2D eigenvalue weighted by molar-refractivity contribution is 5.15. The van der Waals surface area contributed by atoms with Gasteiger partial charge in [-0.3, -0.25) is 0 Å². The first kappa shape index (κ1) is 14.7. The Morgan fingerprint density at radius 3 is 2.57 bits per heavy atom. The van der Waals surface area contributed by atoms with Crippen molar-refractivity contribution in [2.45, 2.75) is 33.5 Å². The van der Waals surface area contributed by atoms with E-state index in [4.69, 9.17) is 9.47 Å².